The van der Waals surface area contributed by atoms with E-state index < -0.39 is 0 Å². The van der Waals surface area contributed by atoms with Gasteiger partial charge in [-0.2, -0.15) is 5.10 Å². The molecular weight excluding hydrogens is 238 g/mol. The van der Waals surface area contributed by atoms with Gasteiger partial charge in [0.2, 0.25) is 0 Å². The molecule has 0 unspecified atom stereocenters. The Hall–Kier alpha value is -0.680. The normalized spacial score (nSPS) is 10.5. The van der Waals surface area contributed by atoms with E-state index in [2.05, 4.69) is 26.0 Å². The van der Waals surface area contributed by atoms with E-state index in [9.17, 15) is 0 Å². The highest BCUT2D eigenvalue weighted by molar-refractivity contribution is 9.10. The summed E-state index contributed by atoms with van der Waals surface area (Å²) in [5, 5.41) is 7.02. The van der Waals surface area contributed by atoms with Gasteiger partial charge in [-0.25, -0.2) is 4.98 Å². The Balaban J connectivity index is 2.50. The minimum Gasteiger partial charge on any atom is -0.266 e. The fourth-order valence-electron chi connectivity index (χ4n) is 0.956. The van der Waals surface area contributed by atoms with E-state index in [0.29, 0.717) is 0 Å². The second kappa shape index (κ2) is 2.99. The maximum atomic E-state index is 4.29. The van der Waals surface area contributed by atoms with E-state index in [1.807, 2.05) is 23.2 Å². The van der Waals surface area contributed by atoms with Gasteiger partial charge in [-0.1, -0.05) is 0 Å². The summed E-state index contributed by atoms with van der Waals surface area (Å²) in [6.07, 6.45) is 1.77. The highest BCUT2D eigenvalue weighted by Gasteiger charge is 2.05. The summed E-state index contributed by atoms with van der Waals surface area (Å²) in [4.78, 5) is 4.29. The summed E-state index contributed by atoms with van der Waals surface area (Å²) < 4.78 is 2.69. The van der Waals surface area contributed by atoms with E-state index in [1.165, 1.54) is 0 Å². The first-order valence-electron chi connectivity index (χ1n) is 3.37. The van der Waals surface area contributed by atoms with Gasteiger partial charge < -0.3 is 0 Å². The molecule has 3 nitrogen and oxygen atoms in total. The van der Waals surface area contributed by atoms with Crippen LogP contribution in [-0.4, -0.2) is 14.8 Å². The van der Waals surface area contributed by atoms with Gasteiger partial charge in [0.15, 0.2) is 0 Å². The molecule has 0 saturated carbocycles. The van der Waals surface area contributed by atoms with Gasteiger partial charge in [0.05, 0.1) is 5.69 Å². The van der Waals surface area contributed by atoms with Gasteiger partial charge in [-0.3, -0.25) is 4.68 Å². The van der Waals surface area contributed by atoms with Crippen molar-refractivity contribution >= 4 is 27.3 Å². The molecule has 0 spiro atoms. The maximum Gasteiger partial charge on any atom is 0.142 e. The van der Waals surface area contributed by atoms with Crippen molar-refractivity contribution in [3.05, 3.63) is 22.2 Å². The second-order valence-corrected chi connectivity index (χ2v) is 3.99. The molecule has 0 bridgehead atoms. The average molecular weight is 244 g/mol. The zero-order valence-corrected chi connectivity index (χ0v) is 8.76. The Kier molecular flexibility index (Phi) is 1.98. The van der Waals surface area contributed by atoms with E-state index in [1.54, 1.807) is 17.5 Å². The lowest BCUT2D eigenvalue weighted by Gasteiger charge is -1.94. The molecule has 5 heteroatoms. The van der Waals surface area contributed by atoms with Gasteiger partial charge in [0, 0.05) is 18.6 Å². The Morgan fingerprint density at radius 2 is 2.42 bits per heavy atom. The lowest BCUT2D eigenvalue weighted by Crippen LogP contribution is -1.92. The molecule has 2 heterocycles. The predicted molar refractivity (Wildman–Crippen MR) is 52.0 cm³/mol. The SMILES string of the molecule is Cn1nccc1-c1nc(Br)cs1. The molecule has 2 rings (SSSR count). The molecule has 0 radical (unpaired) electrons. The summed E-state index contributed by atoms with van der Waals surface area (Å²) in [6.45, 7) is 0. The van der Waals surface area contributed by atoms with Gasteiger partial charge in [-0.05, 0) is 22.0 Å². The van der Waals surface area contributed by atoms with Crippen LogP contribution in [0, 0.1) is 0 Å². The molecule has 2 aromatic rings. The summed E-state index contributed by atoms with van der Waals surface area (Å²) in [5.41, 5.74) is 1.05. The molecule has 0 saturated heterocycles. The number of thiazole rings is 1. The van der Waals surface area contributed by atoms with Gasteiger partial charge >= 0.3 is 0 Å². The van der Waals surface area contributed by atoms with E-state index >= 15 is 0 Å². The van der Waals surface area contributed by atoms with Crippen LogP contribution in [0.5, 0.6) is 0 Å². The first-order valence-corrected chi connectivity index (χ1v) is 5.04. The minimum atomic E-state index is 0.878. The molecule has 0 aliphatic rings. The third-order valence-corrected chi connectivity index (χ3v) is 3.09. The van der Waals surface area contributed by atoms with Crippen LogP contribution < -0.4 is 0 Å². The number of hydrogen-bond donors (Lipinski definition) is 0. The number of aromatic nitrogens is 3. The van der Waals surface area contributed by atoms with Crippen LogP contribution in [0.1, 0.15) is 0 Å². The summed E-state index contributed by atoms with van der Waals surface area (Å²) >= 11 is 4.91. The number of rotatable bonds is 1. The van der Waals surface area contributed by atoms with E-state index in [-0.39, 0.29) is 0 Å². The Morgan fingerprint density at radius 3 is 2.92 bits per heavy atom. The highest BCUT2D eigenvalue weighted by Crippen LogP contribution is 2.24. The molecule has 62 valence electrons. The van der Waals surface area contributed by atoms with Gasteiger partial charge in [0.25, 0.3) is 0 Å². The summed E-state index contributed by atoms with van der Waals surface area (Å²) in [5.74, 6) is 0. The lowest BCUT2D eigenvalue weighted by atomic mass is 10.4. The second-order valence-electron chi connectivity index (χ2n) is 2.32. The Morgan fingerprint density at radius 1 is 1.58 bits per heavy atom. The Bertz CT molecular complexity index is 393. The number of hydrogen-bond acceptors (Lipinski definition) is 3. The topological polar surface area (TPSA) is 30.7 Å². The molecule has 2 aromatic heterocycles. The zero-order chi connectivity index (χ0) is 8.55. The van der Waals surface area contributed by atoms with Crippen LogP contribution in [0.15, 0.2) is 22.2 Å². The lowest BCUT2D eigenvalue weighted by molar-refractivity contribution is 0.775. The van der Waals surface area contributed by atoms with Crippen molar-refractivity contribution < 1.29 is 0 Å². The smallest absolute Gasteiger partial charge is 0.142 e. The molecule has 0 atom stereocenters. The van der Waals surface area contributed by atoms with Crippen molar-refractivity contribution in [3.8, 4) is 10.7 Å². The fraction of sp³-hybridized carbons (Fsp3) is 0.143. The molecule has 0 amide bonds. The quantitative estimate of drug-likeness (QED) is 0.770. The summed E-state index contributed by atoms with van der Waals surface area (Å²) in [7, 11) is 1.91. The zero-order valence-electron chi connectivity index (χ0n) is 6.36. The number of halogens is 1. The highest BCUT2D eigenvalue weighted by atomic mass is 79.9. The third kappa shape index (κ3) is 1.30. The largest absolute Gasteiger partial charge is 0.266 e. The van der Waals surface area contributed by atoms with Crippen molar-refractivity contribution in [2.24, 2.45) is 7.05 Å². The van der Waals surface area contributed by atoms with Crippen molar-refractivity contribution in [3.63, 3.8) is 0 Å². The first-order chi connectivity index (χ1) is 5.77. The standard InChI is InChI=1S/C7H6BrN3S/c1-11-5(2-3-9-11)7-10-6(8)4-12-7/h2-4H,1H3. The number of aryl methyl sites for hydroxylation is 1. The summed E-state index contributed by atoms with van der Waals surface area (Å²) in [6, 6.07) is 1.95. The molecule has 0 aliphatic heterocycles. The van der Waals surface area contributed by atoms with Crippen LogP contribution in [-0.2, 0) is 7.05 Å². The van der Waals surface area contributed by atoms with Crippen molar-refractivity contribution in [2.45, 2.75) is 0 Å². The average Bonchev–Trinajstić information content (AvgIpc) is 2.58. The van der Waals surface area contributed by atoms with E-state index in [0.717, 1.165) is 15.3 Å². The van der Waals surface area contributed by atoms with Crippen LogP contribution in [0.25, 0.3) is 10.7 Å². The predicted octanol–water partition coefficient (Wildman–Crippen LogP) is 2.31. The van der Waals surface area contributed by atoms with Crippen molar-refractivity contribution in [1.29, 1.82) is 0 Å². The first kappa shape index (κ1) is 7.94. The van der Waals surface area contributed by atoms with Gasteiger partial charge in [0.1, 0.15) is 9.61 Å². The molecule has 0 aliphatic carbocycles. The van der Waals surface area contributed by atoms with Gasteiger partial charge in [-0.15, -0.1) is 11.3 Å². The van der Waals surface area contributed by atoms with Crippen LogP contribution >= 0.6 is 27.3 Å². The van der Waals surface area contributed by atoms with Crippen LogP contribution in [0.4, 0.5) is 0 Å². The van der Waals surface area contributed by atoms with E-state index in [4.69, 9.17) is 0 Å². The molecule has 0 aromatic carbocycles. The molecule has 0 N–H and O–H groups in total. The molecule has 12 heavy (non-hydrogen) atoms. The molecular formula is C7H6BrN3S. The third-order valence-electron chi connectivity index (χ3n) is 1.52. The Labute approximate surface area is 82.2 Å². The maximum absolute atomic E-state index is 4.29. The van der Waals surface area contributed by atoms with Crippen LogP contribution in [0.3, 0.4) is 0 Å². The van der Waals surface area contributed by atoms with Crippen molar-refractivity contribution in [2.75, 3.05) is 0 Å². The fourth-order valence-corrected chi connectivity index (χ4v) is 2.26. The number of nitrogens with zero attached hydrogens (tertiary/aromatic N) is 3. The monoisotopic (exact) mass is 243 g/mol. The van der Waals surface area contributed by atoms with Crippen molar-refractivity contribution in [1.82, 2.24) is 14.8 Å². The minimum absolute atomic E-state index is 0.878. The van der Waals surface area contributed by atoms with Crippen LogP contribution in [0.2, 0.25) is 0 Å². The molecule has 0 fully saturated rings.